The molecule has 1 aromatic rings. The van der Waals surface area contributed by atoms with Crippen LogP contribution in [0.1, 0.15) is 32.3 Å². The molecule has 1 aromatic carbocycles. The average Bonchev–Trinajstić information content (AvgIpc) is 2.47. The molecule has 114 valence electrons. The highest BCUT2D eigenvalue weighted by Gasteiger charge is 2.46. The standard InChI is InChI=1S/C15H18Cl2N2O2/c1-3-15(4-2)14(21)18-8-13(20)19(15)9-10-11(16)6-5-7-12(10)17/h5-7H,3-4,8-9H2,1-2H3,(H,18,21). The van der Waals surface area contributed by atoms with E-state index in [0.717, 1.165) is 0 Å². The van der Waals surface area contributed by atoms with Crippen molar-refractivity contribution in [1.29, 1.82) is 0 Å². The first-order valence-electron chi connectivity index (χ1n) is 6.98. The number of nitrogens with one attached hydrogen (secondary N) is 1. The van der Waals surface area contributed by atoms with Gasteiger partial charge in [0, 0.05) is 22.2 Å². The lowest BCUT2D eigenvalue weighted by Crippen LogP contribution is -2.66. The molecule has 0 bridgehead atoms. The number of piperazine rings is 1. The summed E-state index contributed by atoms with van der Waals surface area (Å²) in [6.45, 7) is 4.07. The summed E-state index contributed by atoms with van der Waals surface area (Å²) in [4.78, 5) is 26.3. The summed E-state index contributed by atoms with van der Waals surface area (Å²) in [5.41, 5.74) is -0.159. The van der Waals surface area contributed by atoms with Crippen molar-refractivity contribution in [1.82, 2.24) is 10.2 Å². The van der Waals surface area contributed by atoms with Gasteiger partial charge in [-0.2, -0.15) is 0 Å². The van der Waals surface area contributed by atoms with Crippen molar-refractivity contribution in [2.24, 2.45) is 0 Å². The minimum absolute atomic E-state index is 0.0165. The zero-order valence-electron chi connectivity index (χ0n) is 12.1. The average molecular weight is 329 g/mol. The number of halogens is 2. The third-order valence-electron chi connectivity index (χ3n) is 4.19. The zero-order chi connectivity index (χ0) is 15.6. The third kappa shape index (κ3) is 2.74. The van der Waals surface area contributed by atoms with Crippen LogP contribution in [0.5, 0.6) is 0 Å². The van der Waals surface area contributed by atoms with Crippen LogP contribution in [0.2, 0.25) is 10.0 Å². The molecule has 0 unspecified atom stereocenters. The molecule has 0 radical (unpaired) electrons. The summed E-state index contributed by atoms with van der Waals surface area (Å²) < 4.78 is 0. The van der Waals surface area contributed by atoms with E-state index in [1.54, 1.807) is 23.1 Å². The summed E-state index contributed by atoms with van der Waals surface area (Å²) in [5.74, 6) is -0.232. The Morgan fingerprint density at radius 2 is 1.76 bits per heavy atom. The molecule has 1 fully saturated rings. The van der Waals surface area contributed by atoms with Crippen molar-refractivity contribution in [2.45, 2.75) is 38.8 Å². The number of hydrogen-bond acceptors (Lipinski definition) is 2. The van der Waals surface area contributed by atoms with Crippen molar-refractivity contribution >= 4 is 35.0 Å². The third-order valence-corrected chi connectivity index (χ3v) is 4.90. The van der Waals surface area contributed by atoms with Gasteiger partial charge in [-0.15, -0.1) is 0 Å². The Morgan fingerprint density at radius 1 is 1.19 bits per heavy atom. The second-order valence-corrected chi connectivity index (χ2v) is 5.92. The topological polar surface area (TPSA) is 49.4 Å². The van der Waals surface area contributed by atoms with Gasteiger partial charge in [-0.25, -0.2) is 0 Å². The van der Waals surface area contributed by atoms with Crippen LogP contribution < -0.4 is 5.32 Å². The normalized spacial score (nSPS) is 17.8. The van der Waals surface area contributed by atoms with Gasteiger partial charge >= 0.3 is 0 Å². The maximum absolute atomic E-state index is 12.3. The highest BCUT2D eigenvalue weighted by atomic mass is 35.5. The molecule has 1 heterocycles. The Balaban J connectivity index is 2.43. The molecule has 0 spiro atoms. The molecule has 1 aliphatic heterocycles. The number of carbonyl (C=O) groups is 2. The van der Waals surface area contributed by atoms with Gasteiger partial charge < -0.3 is 10.2 Å². The van der Waals surface area contributed by atoms with E-state index in [9.17, 15) is 9.59 Å². The predicted octanol–water partition coefficient (Wildman–Crippen LogP) is 3.01. The Labute approximate surface area is 134 Å². The molecular weight excluding hydrogens is 311 g/mol. The Bertz CT molecular complexity index is 551. The number of benzene rings is 1. The molecule has 0 aliphatic carbocycles. The summed E-state index contributed by atoms with van der Waals surface area (Å²) in [5, 5.41) is 3.68. The summed E-state index contributed by atoms with van der Waals surface area (Å²) in [7, 11) is 0. The van der Waals surface area contributed by atoms with Gasteiger partial charge in [0.25, 0.3) is 0 Å². The van der Waals surface area contributed by atoms with Crippen molar-refractivity contribution < 1.29 is 9.59 Å². The SMILES string of the molecule is CCC1(CC)C(=O)NCC(=O)N1Cc1c(Cl)cccc1Cl. The second-order valence-electron chi connectivity index (χ2n) is 5.10. The molecule has 0 saturated carbocycles. The first-order chi connectivity index (χ1) is 9.96. The van der Waals surface area contributed by atoms with E-state index in [2.05, 4.69) is 5.32 Å². The van der Waals surface area contributed by atoms with Crippen LogP contribution in [0, 0.1) is 0 Å². The van der Waals surface area contributed by atoms with Crippen LogP contribution in [0.4, 0.5) is 0 Å². The molecule has 1 N–H and O–H groups in total. The lowest BCUT2D eigenvalue weighted by molar-refractivity contribution is -0.155. The highest BCUT2D eigenvalue weighted by molar-refractivity contribution is 6.36. The Morgan fingerprint density at radius 3 is 2.29 bits per heavy atom. The molecule has 6 heteroatoms. The smallest absolute Gasteiger partial charge is 0.246 e. The van der Waals surface area contributed by atoms with Gasteiger partial charge in [0.2, 0.25) is 11.8 Å². The minimum atomic E-state index is -0.835. The van der Waals surface area contributed by atoms with E-state index in [-0.39, 0.29) is 24.9 Å². The van der Waals surface area contributed by atoms with Crippen molar-refractivity contribution in [3.05, 3.63) is 33.8 Å². The monoisotopic (exact) mass is 328 g/mol. The van der Waals surface area contributed by atoms with E-state index in [4.69, 9.17) is 23.2 Å². The van der Waals surface area contributed by atoms with Gasteiger partial charge in [0.05, 0.1) is 6.54 Å². The highest BCUT2D eigenvalue weighted by Crippen LogP contribution is 2.33. The molecule has 0 aromatic heterocycles. The second kappa shape index (κ2) is 6.24. The van der Waals surface area contributed by atoms with Gasteiger partial charge in [0.15, 0.2) is 0 Å². The van der Waals surface area contributed by atoms with Crippen LogP contribution in [-0.4, -0.2) is 28.8 Å². The fourth-order valence-corrected chi connectivity index (χ4v) is 3.33. The van der Waals surface area contributed by atoms with Gasteiger partial charge in [-0.05, 0) is 25.0 Å². The lowest BCUT2D eigenvalue weighted by Gasteiger charge is -2.45. The number of hydrogen-bond donors (Lipinski definition) is 1. The summed E-state index contributed by atoms with van der Waals surface area (Å²) in [6.07, 6.45) is 1.09. The quantitative estimate of drug-likeness (QED) is 0.923. The molecule has 1 aliphatic rings. The maximum atomic E-state index is 12.3. The molecular formula is C15H18Cl2N2O2. The lowest BCUT2D eigenvalue weighted by atomic mass is 9.87. The van der Waals surface area contributed by atoms with E-state index in [1.165, 1.54) is 0 Å². The van der Waals surface area contributed by atoms with Crippen molar-refractivity contribution in [3.63, 3.8) is 0 Å². The van der Waals surface area contributed by atoms with Crippen LogP contribution in [0.15, 0.2) is 18.2 Å². The van der Waals surface area contributed by atoms with Gasteiger partial charge in [-0.1, -0.05) is 43.1 Å². The predicted molar refractivity (Wildman–Crippen MR) is 83.3 cm³/mol. The summed E-state index contributed by atoms with van der Waals surface area (Å²) in [6, 6.07) is 5.22. The zero-order valence-corrected chi connectivity index (χ0v) is 13.6. The first-order valence-corrected chi connectivity index (χ1v) is 7.73. The van der Waals surface area contributed by atoms with E-state index in [1.807, 2.05) is 13.8 Å². The molecule has 2 rings (SSSR count). The van der Waals surface area contributed by atoms with E-state index >= 15 is 0 Å². The first kappa shape index (κ1) is 16.1. The largest absolute Gasteiger partial charge is 0.345 e. The van der Waals surface area contributed by atoms with Crippen LogP contribution >= 0.6 is 23.2 Å². The maximum Gasteiger partial charge on any atom is 0.246 e. The number of amides is 2. The fourth-order valence-electron chi connectivity index (χ4n) is 2.81. The van der Waals surface area contributed by atoms with Gasteiger partial charge in [-0.3, -0.25) is 9.59 Å². The van der Waals surface area contributed by atoms with Gasteiger partial charge in [0.1, 0.15) is 5.54 Å². The number of rotatable bonds is 4. The number of nitrogens with zero attached hydrogens (tertiary/aromatic N) is 1. The van der Waals surface area contributed by atoms with E-state index in [0.29, 0.717) is 28.5 Å². The summed E-state index contributed by atoms with van der Waals surface area (Å²) >= 11 is 12.4. The Kier molecular flexibility index (Phi) is 4.79. The molecule has 2 amide bonds. The fraction of sp³-hybridized carbons (Fsp3) is 0.467. The molecule has 0 atom stereocenters. The Hall–Kier alpha value is -1.26. The molecule has 21 heavy (non-hydrogen) atoms. The van der Waals surface area contributed by atoms with Crippen LogP contribution in [0.3, 0.4) is 0 Å². The van der Waals surface area contributed by atoms with Crippen LogP contribution in [-0.2, 0) is 16.1 Å². The minimum Gasteiger partial charge on any atom is -0.345 e. The van der Waals surface area contributed by atoms with Crippen molar-refractivity contribution in [2.75, 3.05) is 6.54 Å². The molecule has 4 nitrogen and oxygen atoms in total. The number of carbonyl (C=O) groups excluding carboxylic acids is 2. The van der Waals surface area contributed by atoms with E-state index < -0.39 is 5.54 Å². The molecule has 1 saturated heterocycles. The van der Waals surface area contributed by atoms with Crippen molar-refractivity contribution in [3.8, 4) is 0 Å². The van der Waals surface area contributed by atoms with Crippen LogP contribution in [0.25, 0.3) is 0 Å².